The zero-order chi connectivity index (χ0) is 24.5. The van der Waals surface area contributed by atoms with E-state index in [1.165, 1.54) is 0 Å². The van der Waals surface area contributed by atoms with E-state index < -0.39 is 5.91 Å². The predicted molar refractivity (Wildman–Crippen MR) is 145 cm³/mol. The molecule has 7 heteroatoms. The van der Waals surface area contributed by atoms with Gasteiger partial charge in [0.25, 0.3) is 5.91 Å². The van der Waals surface area contributed by atoms with Gasteiger partial charge in [-0.1, -0.05) is 42.5 Å². The summed E-state index contributed by atoms with van der Waals surface area (Å²) in [6.07, 6.45) is 1.54. The summed E-state index contributed by atoms with van der Waals surface area (Å²) in [6, 6.07) is 23.0. The van der Waals surface area contributed by atoms with Crippen molar-refractivity contribution < 1.29 is 14.3 Å². The number of nitrogens with one attached hydrogen (secondary N) is 1. The maximum absolute atomic E-state index is 12.7. The van der Waals surface area contributed by atoms with Gasteiger partial charge >= 0.3 is 0 Å². The first kappa shape index (κ1) is 25.8. The van der Waals surface area contributed by atoms with Gasteiger partial charge in [-0.05, 0) is 99.4 Å². The van der Waals surface area contributed by atoms with Gasteiger partial charge in [0.15, 0.2) is 11.5 Å². The average Bonchev–Trinajstić information content (AvgIpc) is 2.83. The van der Waals surface area contributed by atoms with Crippen LogP contribution in [0.2, 0.25) is 0 Å². The third-order valence-corrected chi connectivity index (χ3v) is 6.26. The van der Waals surface area contributed by atoms with Crippen molar-refractivity contribution in [3.63, 3.8) is 0 Å². The van der Waals surface area contributed by atoms with Crippen LogP contribution in [-0.4, -0.2) is 12.5 Å². The van der Waals surface area contributed by atoms with Crippen molar-refractivity contribution in [3.05, 3.63) is 97.0 Å². The van der Waals surface area contributed by atoms with Crippen molar-refractivity contribution in [1.82, 2.24) is 5.32 Å². The number of nitrogens with zero attached hydrogens (tertiary/aromatic N) is 1. The first-order valence-corrected chi connectivity index (χ1v) is 12.6. The Morgan fingerprint density at radius 3 is 2.50 bits per heavy atom. The molecule has 34 heavy (non-hydrogen) atoms. The fourth-order valence-electron chi connectivity index (χ4n) is 3.23. The molecule has 1 atom stereocenters. The molecule has 1 N–H and O–H groups in total. The summed E-state index contributed by atoms with van der Waals surface area (Å²) in [5.41, 5.74) is 2.65. The summed E-state index contributed by atoms with van der Waals surface area (Å²) in [5, 5.41) is 12.5. The van der Waals surface area contributed by atoms with Crippen molar-refractivity contribution >= 4 is 50.5 Å². The van der Waals surface area contributed by atoms with E-state index in [4.69, 9.17) is 9.47 Å². The van der Waals surface area contributed by atoms with Crippen molar-refractivity contribution in [2.24, 2.45) is 0 Å². The van der Waals surface area contributed by atoms with Crippen LogP contribution < -0.4 is 14.8 Å². The smallest absolute Gasteiger partial charge is 0.262 e. The highest BCUT2D eigenvalue weighted by Gasteiger charge is 2.16. The van der Waals surface area contributed by atoms with Crippen LogP contribution in [0.3, 0.4) is 0 Å². The minimum atomic E-state index is -0.438. The van der Waals surface area contributed by atoms with E-state index in [9.17, 15) is 10.1 Å². The molecule has 0 spiro atoms. The van der Waals surface area contributed by atoms with Crippen molar-refractivity contribution in [2.45, 2.75) is 26.5 Å². The zero-order valence-corrected chi connectivity index (χ0v) is 22.6. The highest BCUT2D eigenvalue weighted by Crippen LogP contribution is 2.38. The third kappa shape index (κ3) is 7.08. The molecule has 0 fully saturated rings. The van der Waals surface area contributed by atoms with E-state index in [0.29, 0.717) is 34.7 Å². The number of hydrogen-bond donors (Lipinski definition) is 1. The van der Waals surface area contributed by atoms with Crippen molar-refractivity contribution in [1.29, 1.82) is 5.26 Å². The highest BCUT2D eigenvalue weighted by molar-refractivity contribution is 14.1. The summed E-state index contributed by atoms with van der Waals surface area (Å²) in [5.74, 6) is 0.661. The number of nitriles is 1. The molecule has 3 aromatic carbocycles. The number of amides is 1. The average molecular weight is 631 g/mol. The third-order valence-electron chi connectivity index (χ3n) is 4.95. The number of hydrogen-bond acceptors (Lipinski definition) is 4. The molecule has 0 aromatic heterocycles. The number of ether oxygens (including phenoxy) is 2. The lowest BCUT2D eigenvalue weighted by atomic mass is 10.1. The Morgan fingerprint density at radius 2 is 1.85 bits per heavy atom. The van der Waals surface area contributed by atoms with Gasteiger partial charge in [-0.15, -0.1) is 0 Å². The van der Waals surface area contributed by atoms with Gasteiger partial charge in [0, 0.05) is 3.57 Å². The standard InChI is InChI=1S/C27H24BrIN2O3/c1-3-33-25-15-20(14-24(28)26(25)34-17-19-9-11-23(29)12-10-19)13-22(16-30)27(32)31-18(2)21-7-5-4-6-8-21/h4-15,18H,3,17H2,1-2H3,(H,31,32)/b22-13-/t18-/m0/s1. The van der Waals surface area contributed by atoms with Gasteiger partial charge in [-0.3, -0.25) is 4.79 Å². The second-order valence-corrected chi connectivity index (χ2v) is 9.55. The molecule has 0 bridgehead atoms. The SMILES string of the molecule is CCOc1cc(/C=C(/C#N)C(=O)N[C@@H](C)c2ccccc2)cc(Br)c1OCc1ccc(I)cc1. The van der Waals surface area contributed by atoms with Gasteiger partial charge < -0.3 is 14.8 Å². The molecular weight excluding hydrogens is 607 g/mol. The van der Waals surface area contributed by atoms with Crippen molar-refractivity contribution in [3.8, 4) is 17.6 Å². The molecule has 0 heterocycles. The summed E-state index contributed by atoms with van der Waals surface area (Å²) in [4.78, 5) is 12.7. The first-order chi connectivity index (χ1) is 16.4. The monoisotopic (exact) mass is 630 g/mol. The Morgan fingerprint density at radius 1 is 1.15 bits per heavy atom. The Labute approximate surface area is 222 Å². The minimum Gasteiger partial charge on any atom is -0.490 e. The summed E-state index contributed by atoms with van der Waals surface area (Å²) < 4.78 is 13.7. The number of benzene rings is 3. The van der Waals surface area contributed by atoms with E-state index >= 15 is 0 Å². The molecule has 0 aliphatic rings. The van der Waals surface area contributed by atoms with Crippen LogP contribution >= 0.6 is 38.5 Å². The fourth-order valence-corrected chi connectivity index (χ4v) is 4.16. The van der Waals surface area contributed by atoms with Gasteiger partial charge in [0.2, 0.25) is 0 Å². The lowest BCUT2D eigenvalue weighted by Crippen LogP contribution is -2.27. The van der Waals surface area contributed by atoms with E-state index in [1.807, 2.05) is 74.5 Å². The molecule has 0 aliphatic carbocycles. The van der Waals surface area contributed by atoms with E-state index in [-0.39, 0.29) is 11.6 Å². The Balaban J connectivity index is 1.81. The second kappa shape index (κ2) is 12.6. The van der Waals surface area contributed by atoms with Crippen LogP contribution in [0, 0.1) is 14.9 Å². The molecule has 5 nitrogen and oxygen atoms in total. The maximum Gasteiger partial charge on any atom is 0.262 e. The Kier molecular flexibility index (Phi) is 9.54. The summed E-state index contributed by atoms with van der Waals surface area (Å²) >= 11 is 5.82. The van der Waals surface area contributed by atoms with E-state index in [1.54, 1.807) is 18.2 Å². The van der Waals surface area contributed by atoms with Crippen molar-refractivity contribution in [2.75, 3.05) is 6.61 Å². The molecule has 0 saturated carbocycles. The fraction of sp³-hybridized carbons (Fsp3) is 0.185. The molecule has 3 aromatic rings. The van der Waals surface area contributed by atoms with Gasteiger partial charge in [-0.2, -0.15) is 5.26 Å². The van der Waals surface area contributed by atoms with E-state index in [2.05, 4.69) is 43.8 Å². The van der Waals surface area contributed by atoms with Crippen LogP contribution in [0.4, 0.5) is 0 Å². The maximum atomic E-state index is 12.7. The van der Waals surface area contributed by atoms with Gasteiger partial charge in [0.1, 0.15) is 18.2 Å². The number of carbonyl (C=O) groups is 1. The van der Waals surface area contributed by atoms with Crippen LogP contribution in [-0.2, 0) is 11.4 Å². The first-order valence-electron chi connectivity index (χ1n) is 10.7. The molecule has 1 amide bonds. The number of halogens is 2. The van der Waals surface area contributed by atoms with Crippen LogP contribution in [0.5, 0.6) is 11.5 Å². The second-order valence-electron chi connectivity index (χ2n) is 7.45. The normalized spacial score (nSPS) is 11.9. The minimum absolute atomic E-state index is 0.00434. The van der Waals surface area contributed by atoms with E-state index in [0.717, 1.165) is 14.7 Å². The lowest BCUT2D eigenvalue weighted by molar-refractivity contribution is -0.117. The zero-order valence-electron chi connectivity index (χ0n) is 18.8. The molecule has 174 valence electrons. The van der Waals surface area contributed by atoms with Crippen LogP contribution in [0.25, 0.3) is 6.08 Å². The number of carbonyl (C=O) groups excluding carboxylic acids is 1. The highest BCUT2D eigenvalue weighted by atomic mass is 127. The predicted octanol–water partition coefficient (Wildman–Crippen LogP) is 6.82. The number of rotatable bonds is 9. The Hall–Kier alpha value is -2.83. The molecule has 0 unspecified atom stereocenters. The Bertz CT molecular complexity index is 1210. The van der Waals surface area contributed by atoms with Crippen LogP contribution in [0.1, 0.15) is 36.6 Å². The molecule has 0 aliphatic heterocycles. The quantitative estimate of drug-likeness (QED) is 0.160. The van der Waals surface area contributed by atoms with Gasteiger partial charge in [0.05, 0.1) is 17.1 Å². The summed E-state index contributed by atoms with van der Waals surface area (Å²) in [7, 11) is 0. The molecular formula is C27H24BrIN2O3. The van der Waals surface area contributed by atoms with Crippen LogP contribution in [0.15, 0.2) is 76.8 Å². The molecule has 0 saturated heterocycles. The molecule has 3 rings (SSSR count). The molecule has 0 radical (unpaired) electrons. The van der Waals surface area contributed by atoms with Gasteiger partial charge in [-0.25, -0.2) is 0 Å². The lowest BCUT2D eigenvalue weighted by Gasteiger charge is -2.15. The summed E-state index contributed by atoms with van der Waals surface area (Å²) in [6.45, 7) is 4.60. The largest absolute Gasteiger partial charge is 0.490 e. The topological polar surface area (TPSA) is 71.3 Å².